The third-order valence-corrected chi connectivity index (χ3v) is 2.65. The summed E-state index contributed by atoms with van der Waals surface area (Å²) in [5.41, 5.74) is 1.84. The SMILES string of the molecule is CCOC(=O)c1ccc(NC(=O)NCc2ccn[nH]2)cc1. The first kappa shape index (κ1) is 14.6. The number of hydrogen-bond donors (Lipinski definition) is 3. The number of amides is 2. The van der Waals surface area contributed by atoms with Crippen molar-refractivity contribution >= 4 is 17.7 Å². The number of ether oxygens (including phenoxy) is 1. The van der Waals surface area contributed by atoms with Crippen molar-refractivity contribution < 1.29 is 14.3 Å². The number of nitrogens with zero attached hydrogens (tertiary/aromatic N) is 1. The van der Waals surface area contributed by atoms with Gasteiger partial charge >= 0.3 is 12.0 Å². The Morgan fingerprint density at radius 3 is 2.62 bits per heavy atom. The third kappa shape index (κ3) is 4.34. The van der Waals surface area contributed by atoms with Crippen molar-refractivity contribution in [3.8, 4) is 0 Å². The van der Waals surface area contributed by atoms with Crippen LogP contribution in [0.4, 0.5) is 10.5 Å². The zero-order valence-corrected chi connectivity index (χ0v) is 11.6. The molecule has 2 rings (SSSR count). The van der Waals surface area contributed by atoms with Gasteiger partial charge in [-0.3, -0.25) is 5.10 Å². The van der Waals surface area contributed by atoms with Crippen LogP contribution in [0, 0.1) is 0 Å². The standard InChI is InChI=1S/C14H16N4O3/c1-2-21-13(19)10-3-5-11(6-4-10)17-14(20)15-9-12-7-8-16-18-12/h3-8H,2,9H2,1H3,(H,16,18)(H2,15,17,20). The molecule has 7 nitrogen and oxygen atoms in total. The van der Waals surface area contributed by atoms with E-state index < -0.39 is 0 Å². The van der Waals surface area contributed by atoms with Gasteiger partial charge in [0.25, 0.3) is 0 Å². The fraction of sp³-hybridized carbons (Fsp3) is 0.214. The molecule has 0 aliphatic rings. The highest BCUT2D eigenvalue weighted by Crippen LogP contribution is 2.10. The second-order valence-corrected chi connectivity index (χ2v) is 4.19. The van der Waals surface area contributed by atoms with Crippen LogP contribution < -0.4 is 10.6 Å². The van der Waals surface area contributed by atoms with Crippen LogP contribution in [-0.2, 0) is 11.3 Å². The number of rotatable bonds is 5. The van der Waals surface area contributed by atoms with Crippen molar-refractivity contribution in [1.29, 1.82) is 0 Å². The zero-order chi connectivity index (χ0) is 15.1. The summed E-state index contributed by atoms with van der Waals surface area (Å²) in [4.78, 5) is 23.2. The van der Waals surface area contributed by atoms with E-state index in [1.165, 1.54) is 0 Å². The molecule has 0 bridgehead atoms. The number of aromatic amines is 1. The van der Waals surface area contributed by atoms with E-state index in [1.807, 2.05) is 0 Å². The van der Waals surface area contributed by atoms with Gasteiger partial charge in [-0.05, 0) is 37.3 Å². The lowest BCUT2D eigenvalue weighted by atomic mass is 10.2. The molecule has 1 heterocycles. The van der Waals surface area contributed by atoms with E-state index in [2.05, 4.69) is 20.8 Å². The van der Waals surface area contributed by atoms with Crippen LogP contribution in [0.5, 0.6) is 0 Å². The average Bonchev–Trinajstić information content (AvgIpc) is 2.99. The van der Waals surface area contributed by atoms with Gasteiger partial charge in [0.1, 0.15) is 0 Å². The first-order chi connectivity index (χ1) is 10.2. The van der Waals surface area contributed by atoms with Gasteiger partial charge in [0.2, 0.25) is 0 Å². The number of anilines is 1. The Morgan fingerprint density at radius 2 is 2.00 bits per heavy atom. The number of carbonyl (C=O) groups is 2. The van der Waals surface area contributed by atoms with E-state index in [4.69, 9.17) is 4.74 Å². The molecule has 0 saturated heterocycles. The molecule has 0 aliphatic carbocycles. The lowest BCUT2D eigenvalue weighted by Crippen LogP contribution is -2.28. The highest BCUT2D eigenvalue weighted by atomic mass is 16.5. The average molecular weight is 288 g/mol. The van der Waals surface area contributed by atoms with E-state index in [9.17, 15) is 9.59 Å². The van der Waals surface area contributed by atoms with Crippen LogP contribution in [0.2, 0.25) is 0 Å². The normalized spacial score (nSPS) is 9.95. The first-order valence-corrected chi connectivity index (χ1v) is 6.49. The van der Waals surface area contributed by atoms with Gasteiger partial charge in [-0.15, -0.1) is 0 Å². The van der Waals surface area contributed by atoms with Crippen LogP contribution in [0.15, 0.2) is 36.5 Å². The van der Waals surface area contributed by atoms with E-state index in [0.29, 0.717) is 24.4 Å². The van der Waals surface area contributed by atoms with E-state index in [0.717, 1.165) is 5.69 Å². The Labute approximate surface area is 121 Å². The van der Waals surface area contributed by atoms with Gasteiger partial charge in [-0.1, -0.05) is 0 Å². The molecule has 0 aliphatic heterocycles. The molecule has 0 saturated carbocycles. The molecule has 0 spiro atoms. The van der Waals surface area contributed by atoms with Gasteiger partial charge in [0.15, 0.2) is 0 Å². The van der Waals surface area contributed by atoms with Gasteiger partial charge in [-0.25, -0.2) is 9.59 Å². The summed E-state index contributed by atoms with van der Waals surface area (Å²) in [6, 6.07) is 7.91. The second-order valence-electron chi connectivity index (χ2n) is 4.19. The van der Waals surface area contributed by atoms with Crippen molar-refractivity contribution in [2.75, 3.05) is 11.9 Å². The zero-order valence-electron chi connectivity index (χ0n) is 11.6. The molecule has 21 heavy (non-hydrogen) atoms. The quantitative estimate of drug-likeness (QED) is 0.732. The fourth-order valence-corrected chi connectivity index (χ4v) is 1.64. The first-order valence-electron chi connectivity index (χ1n) is 6.49. The third-order valence-electron chi connectivity index (χ3n) is 2.65. The summed E-state index contributed by atoms with van der Waals surface area (Å²) in [7, 11) is 0. The Hall–Kier alpha value is -2.83. The fourth-order valence-electron chi connectivity index (χ4n) is 1.64. The van der Waals surface area contributed by atoms with Gasteiger partial charge in [0, 0.05) is 11.9 Å². The van der Waals surface area contributed by atoms with Crippen LogP contribution in [0.1, 0.15) is 23.0 Å². The Bertz CT molecular complexity index is 593. The second kappa shape index (κ2) is 7.09. The molecule has 110 valence electrons. The van der Waals surface area contributed by atoms with Crippen molar-refractivity contribution in [2.24, 2.45) is 0 Å². The molecule has 2 amide bonds. The molecular formula is C14H16N4O3. The maximum Gasteiger partial charge on any atom is 0.338 e. The summed E-state index contributed by atoms with van der Waals surface area (Å²) in [6.45, 7) is 2.43. The van der Waals surface area contributed by atoms with Gasteiger partial charge in [0.05, 0.1) is 24.4 Å². The van der Waals surface area contributed by atoms with E-state index >= 15 is 0 Å². The van der Waals surface area contributed by atoms with Crippen LogP contribution in [-0.4, -0.2) is 28.8 Å². The molecule has 0 radical (unpaired) electrons. The number of urea groups is 1. The topological polar surface area (TPSA) is 96.1 Å². The number of benzene rings is 1. The highest BCUT2D eigenvalue weighted by Gasteiger charge is 2.07. The van der Waals surface area contributed by atoms with Crippen LogP contribution in [0.3, 0.4) is 0 Å². The number of carbonyl (C=O) groups excluding carboxylic acids is 2. The minimum atomic E-state index is -0.382. The molecular weight excluding hydrogens is 272 g/mol. The monoisotopic (exact) mass is 288 g/mol. The molecule has 0 fully saturated rings. The minimum absolute atomic E-state index is 0.328. The van der Waals surface area contributed by atoms with E-state index in [-0.39, 0.29) is 12.0 Å². The summed E-state index contributed by atoms with van der Waals surface area (Å²) >= 11 is 0. The predicted molar refractivity (Wildman–Crippen MR) is 76.8 cm³/mol. The molecule has 3 N–H and O–H groups in total. The maximum absolute atomic E-state index is 11.7. The van der Waals surface area contributed by atoms with Gasteiger partial charge < -0.3 is 15.4 Å². The lowest BCUT2D eigenvalue weighted by Gasteiger charge is -2.07. The smallest absolute Gasteiger partial charge is 0.338 e. The van der Waals surface area contributed by atoms with Crippen molar-refractivity contribution in [3.05, 3.63) is 47.8 Å². The molecule has 1 aromatic heterocycles. The largest absolute Gasteiger partial charge is 0.462 e. The van der Waals surface area contributed by atoms with Gasteiger partial charge in [-0.2, -0.15) is 5.10 Å². The Kier molecular flexibility index (Phi) is 4.92. The summed E-state index contributed by atoms with van der Waals surface area (Å²) in [5, 5.41) is 11.9. The predicted octanol–water partition coefficient (Wildman–Crippen LogP) is 1.91. The highest BCUT2D eigenvalue weighted by molar-refractivity contribution is 5.92. The number of H-pyrrole nitrogens is 1. The van der Waals surface area contributed by atoms with E-state index in [1.54, 1.807) is 43.5 Å². The maximum atomic E-state index is 11.7. The molecule has 7 heteroatoms. The lowest BCUT2D eigenvalue weighted by molar-refractivity contribution is 0.0526. The van der Waals surface area contributed by atoms with Crippen LogP contribution >= 0.6 is 0 Å². The van der Waals surface area contributed by atoms with Crippen molar-refractivity contribution in [1.82, 2.24) is 15.5 Å². The Balaban J connectivity index is 1.85. The number of aromatic nitrogens is 2. The minimum Gasteiger partial charge on any atom is -0.462 e. The molecule has 1 aromatic carbocycles. The molecule has 2 aromatic rings. The number of esters is 1. The summed E-state index contributed by atoms with van der Waals surface area (Å²) in [6.07, 6.45) is 1.61. The number of nitrogens with one attached hydrogen (secondary N) is 3. The Morgan fingerprint density at radius 1 is 1.24 bits per heavy atom. The molecule has 0 atom stereocenters. The number of hydrogen-bond acceptors (Lipinski definition) is 4. The summed E-state index contributed by atoms with van der Waals surface area (Å²) < 4.78 is 4.88. The molecule has 0 unspecified atom stereocenters. The van der Waals surface area contributed by atoms with Crippen molar-refractivity contribution in [2.45, 2.75) is 13.5 Å². The van der Waals surface area contributed by atoms with Crippen molar-refractivity contribution in [3.63, 3.8) is 0 Å². The van der Waals surface area contributed by atoms with Crippen LogP contribution in [0.25, 0.3) is 0 Å². The summed E-state index contributed by atoms with van der Waals surface area (Å²) in [5.74, 6) is -0.382.